The summed E-state index contributed by atoms with van der Waals surface area (Å²) in [5, 5.41) is 0. The van der Waals surface area contributed by atoms with E-state index in [1.807, 2.05) is 0 Å². The van der Waals surface area contributed by atoms with E-state index in [9.17, 15) is 0 Å². The van der Waals surface area contributed by atoms with Crippen molar-refractivity contribution in [3.05, 3.63) is 23.8 Å². The van der Waals surface area contributed by atoms with Gasteiger partial charge < -0.3 is 4.74 Å². The lowest BCUT2D eigenvalue weighted by Gasteiger charge is -2.06. The smallest absolute Gasteiger partial charge is 0.0519 e. The first kappa shape index (κ1) is 8.54. The second-order valence-electron chi connectivity index (χ2n) is 3.09. The zero-order valence-electron chi connectivity index (χ0n) is 7.34. The van der Waals surface area contributed by atoms with Crippen LogP contribution < -0.4 is 0 Å². The highest BCUT2D eigenvalue weighted by atomic mass is 16.5. The van der Waals surface area contributed by atoms with Crippen LogP contribution in [0.4, 0.5) is 0 Å². The summed E-state index contributed by atoms with van der Waals surface area (Å²) >= 11 is 0. The normalized spacial score (nSPS) is 16.1. The number of ether oxygens (including phenoxy) is 1. The minimum absolute atomic E-state index is 0.362. The maximum absolute atomic E-state index is 5.43. The number of hydrogen-bond donors (Lipinski definition) is 0. The molecule has 1 aliphatic rings. The highest BCUT2D eigenvalue weighted by molar-refractivity contribution is 5.25. The highest BCUT2D eigenvalue weighted by Gasteiger charge is 1.98. The van der Waals surface area contributed by atoms with Gasteiger partial charge in [-0.25, -0.2) is 0 Å². The summed E-state index contributed by atoms with van der Waals surface area (Å²) in [6, 6.07) is 0. The van der Waals surface area contributed by atoms with Crippen molar-refractivity contribution in [1.29, 1.82) is 0 Å². The molecule has 0 aromatic carbocycles. The summed E-state index contributed by atoms with van der Waals surface area (Å²) in [5.74, 6) is 0. The SMILES string of the molecule is CC(C)OCCC1=CCC=C1. The second kappa shape index (κ2) is 4.35. The van der Waals surface area contributed by atoms with Gasteiger partial charge in [-0.15, -0.1) is 0 Å². The van der Waals surface area contributed by atoms with Crippen LogP contribution in [-0.4, -0.2) is 12.7 Å². The van der Waals surface area contributed by atoms with E-state index in [1.54, 1.807) is 0 Å². The van der Waals surface area contributed by atoms with E-state index in [2.05, 4.69) is 32.1 Å². The lowest BCUT2D eigenvalue weighted by molar-refractivity contribution is 0.0817. The summed E-state index contributed by atoms with van der Waals surface area (Å²) in [6.45, 7) is 4.99. The Balaban J connectivity index is 2.08. The van der Waals surface area contributed by atoms with E-state index in [1.165, 1.54) is 5.57 Å². The molecule has 0 spiro atoms. The third kappa shape index (κ3) is 3.38. The molecule has 1 rings (SSSR count). The number of hydrogen-bond acceptors (Lipinski definition) is 1. The van der Waals surface area contributed by atoms with Crippen LogP contribution in [0.15, 0.2) is 23.8 Å². The Hall–Kier alpha value is -0.560. The van der Waals surface area contributed by atoms with Crippen LogP contribution in [0, 0.1) is 0 Å². The van der Waals surface area contributed by atoms with Gasteiger partial charge in [0, 0.05) is 0 Å². The van der Waals surface area contributed by atoms with E-state index >= 15 is 0 Å². The van der Waals surface area contributed by atoms with Gasteiger partial charge in [0.05, 0.1) is 12.7 Å². The van der Waals surface area contributed by atoms with E-state index in [0.717, 1.165) is 19.4 Å². The molecule has 62 valence electrons. The molecule has 0 heterocycles. The van der Waals surface area contributed by atoms with E-state index in [0.29, 0.717) is 6.10 Å². The molecule has 0 saturated carbocycles. The van der Waals surface area contributed by atoms with Gasteiger partial charge in [0.2, 0.25) is 0 Å². The molecule has 1 aliphatic carbocycles. The van der Waals surface area contributed by atoms with Crippen LogP contribution in [0.3, 0.4) is 0 Å². The molecular weight excluding hydrogens is 136 g/mol. The molecule has 0 amide bonds. The van der Waals surface area contributed by atoms with Crippen LogP contribution >= 0.6 is 0 Å². The zero-order chi connectivity index (χ0) is 8.10. The molecule has 0 bridgehead atoms. The van der Waals surface area contributed by atoms with Gasteiger partial charge in [0.1, 0.15) is 0 Å². The highest BCUT2D eigenvalue weighted by Crippen LogP contribution is 2.12. The molecule has 0 aromatic rings. The Bertz CT molecular complexity index is 166. The van der Waals surface area contributed by atoms with Crippen LogP contribution in [0.2, 0.25) is 0 Å². The van der Waals surface area contributed by atoms with Crippen molar-refractivity contribution in [1.82, 2.24) is 0 Å². The van der Waals surface area contributed by atoms with Gasteiger partial charge in [-0.2, -0.15) is 0 Å². The number of allylic oxidation sites excluding steroid dienone is 3. The van der Waals surface area contributed by atoms with E-state index in [4.69, 9.17) is 4.74 Å². The van der Waals surface area contributed by atoms with E-state index in [-0.39, 0.29) is 0 Å². The summed E-state index contributed by atoms with van der Waals surface area (Å²) in [7, 11) is 0. The predicted molar refractivity (Wildman–Crippen MR) is 47.5 cm³/mol. The molecule has 1 nitrogen and oxygen atoms in total. The minimum Gasteiger partial charge on any atom is -0.378 e. The minimum atomic E-state index is 0.362. The summed E-state index contributed by atoms with van der Waals surface area (Å²) in [4.78, 5) is 0. The Kier molecular flexibility index (Phi) is 3.37. The van der Waals surface area contributed by atoms with Crippen molar-refractivity contribution >= 4 is 0 Å². The molecule has 0 N–H and O–H groups in total. The van der Waals surface area contributed by atoms with Gasteiger partial charge in [0.15, 0.2) is 0 Å². The van der Waals surface area contributed by atoms with Crippen molar-refractivity contribution in [2.24, 2.45) is 0 Å². The standard InChI is InChI=1S/C10H16O/c1-9(2)11-8-7-10-5-3-4-6-10/h3,5-6,9H,4,7-8H2,1-2H3. The molecule has 0 atom stereocenters. The topological polar surface area (TPSA) is 9.23 Å². The largest absolute Gasteiger partial charge is 0.378 e. The molecule has 0 fully saturated rings. The maximum Gasteiger partial charge on any atom is 0.0519 e. The third-order valence-electron chi connectivity index (χ3n) is 1.69. The first-order chi connectivity index (χ1) is 5.29. The van der Waals surface area contributed by atoms with Crippen molar-refractivity contribution in [3.8, 4) is 0 Å². The fourth-order valence-corrected chi connectivity index (χ4v) is 1.10. The van der Waals surface area contributed by atoms with E-state index < -0.39 is 0 Å². The molecular formula is C10H16O. The van der Waals surface area contributed by atoms with Crippen molar-refractivity contribution in [3.63, 3.8) is 0 Å². The van der Waals surface area contributed by atoms with Gasteiger partial charge in [-0.05, 0) is 32.3 Å². The Morgan fingerprint density at radius 2 is 2.36 bits per heavy atom. The molecule has 0 saturated heterocycles. The van der Waals surface area contributed by atoms with Crippen molar-refractivity contribution < 1.29 is 4.74 Å². The zero-order valence-corrected chi connectivity index (χ0v) is 7.34. The summed E-state index contributed by atoms with van der Waals surface area (Å²) < 4.78 is 5.43. The summed E-state index contributed by atoms with van der Waals surface area (Å²) in [5.41, 5.74) is 1.42. The monoisotopic (exact) mass is 152 g/mol. The Morgan fingerprint density at radius 3 is 2.91 bits per heavy atom. The fourth-order valence-electron chi connectivity index (χ4n) is 1.10. The van der Waals surface area contributed by atoms with Gasteiger partial charge >= 0.3 is 0 Å². The van der Waals surface area contributed by atoms with Crippen LogP contribution in [0.25, 0.3) is 0 Å². The van der Waals surface area contributed by atoms with Crippen molar-refractivity contribution in [2.45, 2.75) is 32.8 Å². The van der Waals surface area contributed by atoms with Crippen LogP contribution in [-0.2, 0) is 4.74 Å². The first-order valence-electron chi connectivity index (χ1n) is 4.26. The molecule has 0 aliphatic heterocycles. The first-order valence-corrected chi connectivity index (χ1v) is 4.26. The molecule has 11 heavy (non-hydrogen) atoms. The lowest BCUT2D eigenvalue weighted by Crippen LogP contribution is -2.03. The van der Waals surface area contributed by atoms with Gasteiger partial charge in [-0.3, -0.25) is 0 Å². The molecule has 1 heteroatoms. The molecule has 0 aromatic heterocycles. The van der Waals surface area contributed by atoms with Crippen molar-refractivity contribution in [2.75, 3.05) is 6.61 Å². The maximum atomic E-state index is 5.43. The average molecular weight is 152 g/mol. The molecule has 0 radical (unpaired) electrons. The van der Waals surface area contributed by atoms with Gasteiger partial charge in [0.25, 0.3) is 0 Å². The van der Waals surface area contributed by atoms with Crippen LogP contribution in [0.1, 0.15) is 26.7 Å². The third-order valence-corrected chi connectivity index (χ3v) is 1.69. The average Bonchev–Trinajstić information content (AvgIpc) is 2.39. The Morgan fingerprint density at radius 1 is 1.55 bits per heavy atom. The lowest BCUT2D eigenvalue weighted by atomic mass is 10.2. The summed E-state index contributed by atoms with van der Waals surface area (Å²) in [6.07, 6.45) is 9.16. The number of rotatable bonds is 4. The van der Waals surface area contributed by atoms with Crippen LogP contribution in [0.5, 0.6) is 0 Å². The predicted octanol–water partition coefficient (Wildman–Crippen LogP) is 2.69. The van der Waals surface area contributed by atoms with Gasteiger partial charge in [-0.1, -0.05) is 18.2 Å². The molecule has 0 unspecified atom stereocenters. The Labute approximate surface area is 68.8 Å². The second-order valence-corrected chi connectivity index (χ2v) is 3.09. The quantitative estimate of drug-likeness (QED) is 0.601. The fraction of sp³-hybridized carbons (Fsp3) is 0.600.